The van der Waals surface area contributed by atoms with Crippen LogP contribution >= 0.6 is 11.3 Å². The van der Waals surface area contributed by atoms with Crippen molar-refractivity contribution < 1.29 is 0 Å². The van der Waals surface area contributed by atoms with Crippen LogP contribution in [-0.2, 0) is 0 Å². The number of rotatable bonds is 5. The van der Waals surface area contributed by atoms with Crippen molar-refractivity contribution in [2.24, 2.45) is 0 Å². The molecular weight excluding hydrogens is 627 g/mol. The fraction of sp³-hybridized carbons (Fsp3) is 0. The number of aromatic nitrogens is 3. The molecule has 0 radical (unpaired) electrons. The van der Waals surface area contributed by atoms with E-state index in [0.29, 0.717) is 0 Å². The van der Waals surface area contributed by atoms with Crippen LogP contribution in [0.15, 0.2) is 176 Å². The molecule has 4 heteroatoms. The first-order chi connectivity index (χ1) is 24.8. The largest absolute Gasteiger partial charge is 0.309 e. The molecule has 3 nitrogen and oxygen atoms in total. The van der Waals surface area contributed by atoms with Gasteiger partial charge < -0.3 is 4.57 Å². The zero-order chi connectivity index (χ0) is 33.0. The van der Waals surface area contributed by atoms with Crippen LogP contribution in [0.2, 0.25) is 0 Å². The summed E-state index contributed by atoms with van der Waals surface area (Å²) in [6, 6.07) is 62.6. The number of hydrogen-bond donors (Lipinski definition) is 0. The van der Waals surface area contributed by atoms with Gasteiger partial charge in [0.2, 0.25) is 0 Å². The Morgan fingerprint density at radius 3 is 1.70 bits per heavy atom. The first-order valence-electron chi connectivity index (χ1n) is 16.8. The Kier molecular flexibility index (Phi) is 6.68. The van der Waals surface area contributed by atoms with Crippen LogP contribution in [0.25, 0.3) is 92.7 Å². The van der Waals surface area contributed by atoms with Crippen molar-refractivity contribution in [1.29, 1.82) is 0 Å². The van der Waals surface area contributed by atoms with Gasteiger partial charge in [-0.05, 0) is 64.7 Å². The monoisotopic (exact) mass is 655 g/mol. The van der Waals surface area contributed by atoms with Crippen molar-refractivity contribution >= 4 is 53.4 Å². The number of benzene rings is 7. The van der Waals surface area contributed by atoms with Gasteiger partial charge in [0.15, 0.2) is 5.82 Å². The minimum Gasteiger partial charge on any atom is -0.309 e. The lowest BCUT2D eigenvalue weighted by Crippen LogP contribution is -1.95. The SMILES string of the molecule is c1ccc(-c2cccc(-c3nc(-c4cccc(-c5cccc(-n6c7ccccc7c7ccccc76)c5)c4)nc4sc5ccccc5c34)c2)cc1. The molecule has 0 atom stereocenters. The Labute approximate surface area is 293 Å². The van der Waals surface area contributed by atoms with Crippen molar-refractivity contribution in [3.63, 3.8) is 0 Å². The zero-order valence-corrected chi connectivity index (χ0v) is 27.8. The molecule has 234 valence electrons. The summed E-state index contributed by atoms with van der Waals surface area (Å²) in [4.78, 5) is 11.6. The van der Waals surface area contributed by atoms with Gasteiger partial charge in [-0.15, -0.1) is 11.3 Å². The quantitative estimate of drug-likeness (QED) is 0.185. The van der Waals surface area contributed by atoms with E-state index in [9.17, 15) is 0 Å². The minimum absolute atomic E-state index is 0.726. The minimum atomic E-state index is 0.726. The number of nitrogens with zero attached hydrogens (tertiary/aromatic N) is 3. The van der Waals surface area contributed by atoms with E-state index in [4.69, 9.17) is 9.97 Å². The predicted molar refractivity (Wildman–Crippen MR) is 211 cm³/mol. The lowest BCUT2D eigenvalue weighted by Gasteiger charge is -2.12. The van der Waals surface area contributed by atoms with Crippen molar-refractivity contribution in [1.82, 2.24) is 14.5 Å². The van der Waals surface area contributed by atoms with Crippen molar-refractivity contribution in [3.8, 4) is 50.6 Å². The predicted octanol–water partition coefficient (Wildman–Crippen LogP) is 12.6. The number of para-hydroxylation sites is 2. The molecule has 10 rings (SSSR count). The van der Waals surface area contributed by atoms with E-state index < -0.39 is 0 Å². The summed E-state index contributed by atoms with van der Waals surface area (Å²) in [5, 5.41) is 4.81. The molecule has 0 unspecified atom stereocenters. The molecule has 3 aromatic heterocycles. The fourth-order valence-electron chi connectivity index (χ4n) is 7.30. The third kappa shape index (κ3) is 4.73. The molecule has 0 aliphatic carbocycles. The molecular formula is C46H29N3S. The van der Waals surface area contributed by atoms with E-state index in [1.54, 1.807) is 11.3 Å². The van der Waals surface area contributed by atoms with Crippen LogP contribution in [0.3, 0.4) is 0 Å². The number of thiophene rings is 1. The third-order valence-corrected chi connectivity index (χ3v) is 10.7. The molecule has 50 heavy (non-hydrogen) atoms. The second-order valence-corrected chi connectivity index (χ2v) is 13.7. The summed E-state index contributed by atoms with van der Waals surface area (Å²) in [6.07, 6.45) is 0. The van der Waals surface area contributed by atoms with Crippen molar-refractivity contribution in [3.05, 3.63) is 176 Å². The highest BCUT2D eigenvalue weighted by Gasteiger charge is 2.18. The second-order valence-electron chi connectivity index (χ2n) is 12.6. The highest BCUT2D eigenvalue weighted by atomic mass is 32.1. The van der Waals surface area contributed by atoms with Crippen molar-refractivity contribution in [2.75, 3.05) is 0 Å². The standard InChI is InChI=1S/C46H29N3S/c1-2-13-30(14-3-1)31-15-10-18-34(27-31)44-43-39-23-6-9-26-42(39)50-46(43)48-45(47-44)35-19-11-16-32(28-35)33-17-12-20-36(29-33)49-40-24-7-4-21-37(40)38-22-5-8-25-41(38)49/h1-29H. The summed E-state index contributed by atoms with van der Waals surface area (Å²) < 4.78 is 3.58. The van der Waals surface area contributed by atoms with Crippen molar-refractivity contribution in [2.45, 2.75) is 0 Å². The second kappa shape index (κ2) is 11.7. The van der Waals surface area contributed by atoms with Crippen LogP contribution < -0.4 is 0 Å². The Morgan fingerprint density at radius 1 is 0.400 bits per heavy atom. The summed E-state index contributed by atoms with van der Waals surface area (Å²) in [5.74, 6) is 0.726. The molecule has 0 saturated heterocycles. The number of fused-ring (bicyclic) bond motifs is 6. The number of hydrogen-bond acceptors (Lipinski definition) is 3. The van der Waals surface area contributed by atoms with E-state index in [2.05, 4.69) is 180 Å². The molecule has 0 aliphatic heterocycles. The highest BCUT2D eigenvalue weighted by Crippen LogP contribution is 2.41. The first kappa shape index (κ1) is 28.6. The molecule has 3 heterocycles. The molecule has 0 aliphatic rings. The van der Waals surface area contributed by atoms with E-state index in [1.165, 1.54) is 43.0 Å². The average molecular weight is 656 g/mol. The molecule has 10 aromatic rings. The molecule has 0 amide bonds. The van der Waals surface area contributed by atoms with Gasteiger partial charge in [0.1, 0.15) is 4.83 Å². The van der Waals surface area contributed by atoms with E-state index in [1.807, 2.05) is 0 Å². The molecule has 0 saturated carbocycles. The maximum atomic E-state index is 5.35. The van der Waals surface area contributed by atoms with Crippen LogP contribution in [0, 0.1) is 0 Å². The van der Waals surface area contributed by atoms with Gasteiger partial charge in [0.05, 0.1) is 16.7 Å². The van der Waals surface area contributed by atoms with Gasteiger partial charge in [0.25, 0.3) is 0 Å². The topological polar surface area (TPSA) is 30.7 Å². The Hall–Kier alpha value is -6.36. The van der Waals surface area contributed by atoms with Gasteiger partial charge in [-0.3, -0.25) is 0 Å². The normalized spacial score (nSPS) is 11.6. The Bertz CT molecular complexity index is 2830. The van der Waals surface area contributed by atoms with Gasteiger partial charge in [-0.1, -0.05) is 133 Å². The average Bonchev–Trinajstić information content (AvgIpc) is 3.74. The summed E-state index contributed by atoms with van der Waals surface area (Å²) in [6.45, 7) is 0. The smallest absolute Gasteiger partial charge is 0.161 e. The van der Waals surface area contributed by atoms with Gasteiger partial charge >= 0.3 is 0 Å². The summed E-state index contributed by atoms with van der Waals surface area (Å²) in [5.41, 5.74) is 11.2. The molecule has 0 N–H and O–H groups in total. The van der Waals surface area contributed by atoms with E-state index in [-0.39, 0.29) is 0 Å². The zero-order valence-electron chi connectivity index (χ0n) is 27.0. The Morgan fingerprint density at radius 2 is 0.940 bits per heavy atom. The van der Waals surface area contributed by atoms with Gasteiger partial charge in [-0.25, -0.2) is 9.97 Å². The third-order valence-electron chi connectivity index (χ3n) is 9.62. The van der Waals surface area contributed by atoms with E-state index >= 15 is 0 Å². The molecule has 0 bridgehead atoms. The highest BCUT2D eigenvalue weighted by molar-refractivity contribution is 7.25. The molecule has 7 aromatic carbocycles. The van der Waals surface area contributed by atoms with Gasteiger partial charge in [-0.2, -0.15) is 0 Å². The summed E-state index contributed by atoms with van der Waals surface area (Å²) >= 11 is 1.73. The maximum absolute atomic E-state index is 5.35. The maximum Gasteiger partial charge on any atom is 0.161 e. The van der Waals surface area contributed by atoms with Crippen LogP contribution in [0.4, 0.5) is 0 Å². The van der Waals surface area contributed by atoms with E-state index in [0.717, 1.165) is 49.7 Å². The van der Waals surface area contributed by atoms with Gasteiger partial charge in [0, 0.05) is 43.1 Å². The lowest BCUT2D eigenvalue weighted by atomic mass is 9.99. The first-order valence-corrected chi connectivity index (χ1v) is 17.6. The summed E-state index contributed by atoms with van der Waals surface area (Å²) in [7, 11) is 0. The molecule has 0 spiro atoms. The molecule has 0 fully saturated rings. The van der Waals surface area contributed by atoms with Crippen LogP contribution in [0.1, 0.15) is 0 Å². The van der Waals surface area contributed by atoms with Crippen LogP contribution in [0.5, 0.6) is 0 Å². The Balaban J connectivity index is 1.12. The van der Waals surface area contributed by atoms with Crippen LogP contribution in [-0.4, -0.2) is 14.5 Å². The lowest BCUT2D eigenvalue weighted by molar-refractivity contribution is 1.18. The fourth-order valence-corrected chi connectivity index (χ4v) is 8.38.